The Hall–Kier alpha value is -0.820. The molecule has 0 bridgehead atoms. The minimum absolute atomic E-state index is 1.08. The molecule has 0 radical (unpaired) electrons. The van der Waals surface area contributed by atoms with Gasteiger partial charge in [-0.25, -0.2) is 0 Å². The summed E-state index contributed by atoms with van der Waals surface area (Å²) in [5, 5.41) is 0. The summed E-state index contributed by atoms with van der Waals surface area (Å²) in [6.07, 6.45) is 31.1. The van der Waals surface area contributed by atoms with Crippen molar-refractivity contribution < 1.29 is 0 Å². The molecule has 1 heterocycles. The molecule has 1 heteroatoms. The Kier molecular flexibility index (Phi) is 15.0. The Morgan fingerprint density at radius 1 is 0.625 bits per heavy atom. The summed E-state index contributed by atoms with van der Waals surface area (Å²) in [5.41, 5.74) is 0. The molecule has 0 N–H and O–H groups in total. The van der Waals surface area contributed by atoms with Crippen LogP contribution in [-0.4, -0.2) is 24.5 Å². The number of likely N-dealkylation sites (tertiary alicyclic amines) is 1. The van der Waals surface area contributed by atoms with Crippen LogP contribution in [0.15, 0.2) is 36.5 Å². The minimum Gasteiger partial charge on any atom is -0.303 e. The molecule has 0 saturated carbocycles. The van der Waals surface area contributed by atoms with Crippen molar-refractivity contribution in [3.05, 3.63) is 36.5 Å². The van der Waals surface area contributed by atoms with Crippen molar-refractivity contribution >= 4 is 0 Å². The van der Waals surface area contributed by atoms with E-state index in [9.17, 15) is 0 Å². The van der Waals surface area contributed by atoms with Crippen LogP contribution in [0, 0.1) is 0 Å². The van der Waals surface area contributed by atoms with Crippen LogP contribution in [0.1, 0.15) is 90.4 Å². The van der Waals surface area contributed by atoms with Gasteiger partial charge in [-0.15, -0.1) is 0 Å². The lowest BCUT2D eigenvalue weighted by Crippen LogP contribution is -2.30. The van der Waals surface area contributed by atoms with E-state index >= 15 is 0 Å². The minimum atomic E-state index is 1.08. The molecule has 1 fully saturated rings. The van der Waals surface area contributed by atoms with Gasteiger partial charge in [-0.05, 0) is 71.0 Å². The molecule has 0 aromatic heterocycles. The van der Waals surface area contributed by atoms with Crippen LogP contribution in [0.5, 0.6) is 0 Å². The maximum absolute atomic E-state index is 2.67. The average molecular weight is 332 g/mol. The van der Waals surface area contributed by atoms with E-state index in [0.717, 1.165) is 19.3 Å². The van der Waals surface area contributed by atoms with E-state index in [0.29, 0.717) is 0 Å². The summed E-state index contributed by atoms with van der Waals surface area (Å²) in [7, 11) is 0. The zero-order chi connectivity index (χ0) is 17.1. The lowest BCUT2D eigenvalue weighted by Gasteiger charge is -2.26. The number of hydrogen-bond donors (Lipinski definition) is 0. The van der Waals surface area contributed by atoms with E-state index in [-0.39, 0.29) is 0 Å². The van der Waals surface area contributed by atoms with E-state index < -0.39 is 0 Å². The molecule has 24 heavy (non-hydrogen) atoms. The maximum atomic E-state index is 2.67. The average Bonchev–Trinajstić information content (AvgIpc) is 2.62. The quantitative estimate of drug-likeness (QED) is 0.243. The van der Waals surface area contributed by atoms with Crippen LogP contribution in [0.4, 0.5) is 0 Å². The standard InChI is InChI=1S/C23H41N/c1-2-3-4-5-6-7-8-9-10-11-12-13-14-15-16-18-21-24-22-19-17-20-23-24/h3-4,6-7,9-10H,2,5,8,11-23H2,1H3/b4-3+,7-6+,10-9+. The highest BCUT2D eigenvalue weighted by molar-refractivity contribution is 4.96. The van der Waals surface area contributed by atoms with Gasteiger partial charge in [0.05, 0.1) is 0 Å². The van der Waals surface area contributed by atoms with Gasteiger partial charge in [0.15, 0.2) is 0 Å². The molecule has 0 atom stereocenters. The Morgan fingerprint density at radius 2 is 1.21 bits per heavy atom. The number of rotatable bonds is 14. The van der Waals surface area contributed by atoms with Crippen LogP contribution >= 0.6 is 0 Å². The fourth-order valence-corrected chi connectivity index (χ4v) is 3.31. The predicted molar refractivity (Wildman–Crippen MR) is 110 cm³/mol. The van der Waals surface area contributed by atoms with Crippen LogP contribution < -0.4 is 0 Å². The summed E-state index contributed by atoms with van der Waals surface area (Å²) in [5.74, 6) is 0. The smallest absolute Gasteiger partial charge is 0.00187 e. The maximum Gasteiger partial charge on any atom is -0.00187 e. The first-order valence-electron chi connectivity index (χ1n) is 10.6. The van der Waals surface area contributed by atoms with Gasteiger partial charge in [0, 0.05) is 0 Å². The van der Waals surface area contributed by atoms with Crippen molar-refractivity contribution in [1.82, 2.24) is 4.90 Å². The lowest BCUT2D eigenvalue weighted by molar-refractivity contribution is 0.224. The van der Waals surface area contributed by atoms with Crippen molar-refractivity contribution in [1.29, 1.82) is 0 Å². The third-order valence-electron chi connectivity index (χ3n) is 4.82. The molecule has 0 aromatic rings. The summed E-state index contributed by atoms with van der Waals surface area (Å²) < 4.78 is 0. The third kappa shape index (κ3) is 13.6. The molecule has 0 aliphatic carbocycles. The molecule has 1 saturated heterocycles. The van der Waals surface area contributed by atoms with Crippen LogP contribution in [0.25, 0.3) is 0 Å². The molecular formula is C23H41N. The van der Waals surface area contributed by atoms with Gasteiger partial charge >= 0.3 is 0 Å². The number of piperidine rings is 1. The second kappa shape index (κ2) is 17.0. The summed E-state index contributed by atoms with van der Waals surface area (Å²) in [6, 6.07) is 0. The van der Waals surface area contributed by atoms with Crippen molar-refractivity contribution in [2.75, 3.05) is 19.6 Å². The lowest BCUT2D eigenvalue weighted by atomic mass is 10.1. The van der Waals surface area contributed by atoms with E-state index in [2.05, 4.69) is 48.3 Å². The molecular weight excluding hydrogens is 290 g/mol. The Morgan fingerprint density at radius 3 is 1.92 bits per heavy atom. The monoisotopic (exact) mass is 331 g/mol. The van der Waals surface area contributed by atoms with E-state index in [1.165, 1.54) is 83.8 Å². The largest absolute Gasteiger partial charge is 0.303 e. The molecule has 1 aliphatic heterocycles. The SMILES string of the molecule is CC/C=C/C/C=C/C/C=C/CCCCCCCCN1CCCCC1. The second-order valence-corrected chi connectivity index (χ2v) is 7.11. The fourth-order valence-electron chi connectivity index (χ4n) is 3.31. The normalized spacial score (nSPS) is 16.9. The van der Waals surface area contributed by atoms with Crippen molar-refractivity contribution in [2.45, 2.75) is 90.4 Å². The third-order valence-corrected chi connectivity index (χ3v) is 4.82. The zero-order valence-electron chi connectivity index (χ0n) is 16.2. The topological polar surface area (TPSA) is 3.24 Å². The van der Waals surface area contributed by atoms with Gasteiger partial charge in [0.25, 0.3) is 0 Å². The molecule has 138 valence electrons. The van der Waals surface area contributed by atoms with E-state index in [4.69, 9.17) is 0 Å². The Labute approximate surface area is 151 Å². The van der Waals surface area contributed by atoms with Gasteiger partial charge in [-0.2, -0.15) is 0 Å². The molecule has 1 aliphatic rings. The van der Waals surface area contributed by atoms with Gasteiger partial charge in [0.1, 0.15) is 0 Å². The van der Waals surface area contributed by atoms with Crippen molar-refractivity contribution in [3.63, 3.8) is 0 Å². The number of allylic oxidation sites excluding steroid dienone is 6. The highest BCUT2D eigenvalue weighted by Crippen LogP contribution is 2.12. The predicted octanol–water partition coefficient (Wildman–Crippen LogP) is 7.06. The Balaban J connectivity index is 1.78. The first-order chi connectivity index (χ1) is 11.9. The molecule has 0 aromatic carbocycles. The van der Waals surface area contributed by atoms with Crippen LogP contribution in [-0.2, 0) is 0 Å². The van der Waals surface area contributed by atoms with Crippen LogP contribution in [0.2, 0.25) is 0 Å². The van der Waals surface area contributed by atoms with E-state index in [1.54, 1.807) is 0 Å². The van der Waals surface area contributed by atoms with Crippen LogP contribution in [0.3, 0.4) is 0 Å². The van der Waals surface area contributed by atoms with E-state index in [1.807, 2.05) is 0 Å². The number of unbranched alkanes of at least 4 members (excludes halogenated alkanes) is 6. The molecule has 0 unspecified atom stereocenters. The molecule has 0 spiro atoms. The van der Waals surface area contributed by atoms with Crippen molar-refractivity contribution in [2.24, 2.45) is 0 Å². The molecule has 1 rings (SSSR count). The highest BCUT2D eigenvalue weighted by atomic mass is 15.1. The zero-order valence-corrected chi connectivity index (χ0v) is 16.2. The first-order valence-corrected chi connectivity index (χ1v) is 10.6. The van der Waals surface area contributed by atoms with Gasteiger partial charge in [-0.3, -0.25) is 0 Å². The summed E-state index contributed by atoms with van der Waals surface area (Å²) in [6.45, 7) is 6.25. The molecule has 1 nitrogen and oxygen atoms in total. The number of hydrogen-bond acceptors (Lipinski definition) is 1. The second-order valence-electron chi connectivity index (χ2n) is 7.11. The summed E-state index contributed by atoms with van der Waals surface area (Å²) in [4.78, 5) is 2.67. The first kappa shape index (κ1) is 21.2. The van der Waals surface area contributed by atoms with Gasteiger partial charge < -0.3 is 4.90 Å². The fraction of sp³-hybridized carbons (Fsp3) is 0.739. The van der Waals surface area contributed by atoms with Gasteiger partial charge in [-0.1, -0.05) is 75.5 Å². The molecule has 0 amide bonds. The highest BCUT2D eigenvalue weighted by Gasteiger charge is 2.08. The van der Waals surface area contributed by atoms with Gasteiger partial charge in [0.2, 0.25) is 0 Å². The number of nitrogens with zero attached hydrogens (tertiary/aromatic N) is 1. The Bertz CT molecular complexity index is 334. The summed E-state index contributed by atoms with van der Waals surface area (Å²) >= 11 is 0. The van der Waals surface area contributed by atoms with Crippen molar-refractivity contribution in [3.8, 4) is 0 Å².